The van der Waals surface area contributed by atoms with Crippen LogP contribution in [0, 0.1) is 0 Å². The van der Waals surface area contributed by atoms with E-state index < -0.39 is 12.2 Å². The summed E-state index contributed by atoms with van der Waals surface area (Å²) < 4.78 is 11.4. The van der Waals surface area contributed by atoms with Gasteiger partial charge in [0, 0.05) is 32.3 Å². The fourth-order valence-electron chi connectivity index (χ4n) is 3.88. The molecule has 2 unspecified atom stereocenters. The molecule has 0 aliphatic rings. The number of hydrogen-bond donors (Lipinski definition) is 2. The molecule has 3 aromatic rings. The minimum absolute atomic E-state index is 0.273. The quantitative estimate of drug-likeness (QED) is 0.179. The lowest BCUT2D eigenvalue weighted by Crippen LogP contribution is -2.06. The zero-order chi connectivity index (χ0) is 27.7. The summed E-state index contributed by atoms with van der Waals surface area (Å²) in [7, 11) is 0. The number of aliphatic hydroxyl groups is 2. The second kappa shape index (κ2) is 13.7. The summed E-state index contributed by atoms with van der Waals surface area (Å²) in [5.41, 5.74) is 8.83. The molecule has 0 radical (unpaired) electrons. The first-order valence-corrected chi connectivity index (χ1v) is 12.4. The zero-order valence-corrected chi connectivity index (χ0v) is 22.3. The molecule has 3 aromatic carbocycles. The average molecular weight is 547 g/mol. The minimum atomic E-state index is -1.10. The third kappa shape index (κ3) is 6.77. The summed E-state index contributed by atoms with van der Waals surface area (Å²) in [6.45, 7) is 15.4. The predicted molar refractivity (Wildman–Crippen MR) is 156 cm³/mol. The van der Waals surface area contributed by atoms with Crippen LogP contribution in [0.2, 0.25) is 10.0 Å². The molecule has 6 heteroatoms. The second-order valence-electron chi connectivity index (χ2n) is 8.13. The van der Waals surface area contributed by atoms with Crippen LogP contribution in [0.1, 0.15) is 34.5 Å². The highest BCUT2D eigenvalue weighted by Gasteiger charge is 2.22. The summed E-state index contributed by atoms with van der Waals surface area (Å²) in [4.78, 5) is 0. The Balaban J connectivity index is 1.93. The van der Waals surface area contributed by atoms with Gasteiger partial charge in [-0.05, 0) is 47.5 Å². The number of rotatable bonds is 12. The van der Waals surface area contributed by atoms with Crippen LogP contribution in [0.15, 0.2) is 111 Å². The van der Waals surface area contributed by atoms with Crippen molar-refractivity contribution in [2.24, 2.45) is 0 Å². The maximum atomic E-state index is 11.2. The van der Waals surface area contributed by atoms with Gasteiger partial charge in [0.05, 0.1) is 0 Å². The van der Waals surface area contributed by atoms with Crippen molar-refractivity contribution in [1.29, 1.82) is 0 Å². The molecule has 0 saturated heterocycles. The zero-order valence-electron chi connectivity index (χ0n) is 20.8. The monoisotopic (exact) mass is 546 g/mol. The Morgan fingerprint density at radius 1 is 0.711 bits per heavy atom. The first-order chi connectivity index (χ1) is 18.3. The number of hydrogen-bond acceptors (Lipinski definition) is 4. The molecule has 194 valence electrons. The van der Waals surface area contributed by atoms with Crippen molar-refractivity contribution < 1.29 is 19.7 Å². The fourth-order valence-corrected chi connectivity index (χ4v) is 4.24. The van der Waals surface area contributed by atoms with Gasteiger partial charge in [-0.2, -0.15) is 0 Å². The first-order valence-electron chi connectivity index (χ1n) is 11.7. The Morgan fingerprint density at radius 2 is 1.08 bits per heavy atom. The average Bonchev–Trinajstić information content (AvgIpc) is 2.93. The number of benzene rings is 3. The molecule has 0 aromatic heterocycles. The van der Waals surface area contributed by atoms with E-state index in [1.807, 2.05) is 0 Å². The molecule has 3 rings (SSSR count). The summed E-state index contributed by atoms with van der Waals surface area (Å²) in [6, 6.07) is 17.2. The molecule has 0 heterocycles. The van der Waals surface area contributed by atoms with Crippen LogP contribution in [-0.2, 0) is 0 Å². The summed E-state index contributed by atoms with van der Waals surface area (Å²) in [5.74, 6) is 0.948. The van der Waals surface area contributed by atoms with E-state index in [1.165, 1.54) is 0 Å². The van der Waals surface area contributed by atoms with Crippen LogP contribution < -0.4 is 9.47 Å². The highest BCUT2D eigenvalue weighted by Crippen LogP contribution is 2.39. The van der Waals surface area contributed by atoms with E-state index in [9.17, 15) is 10.2 Å². The Morgan fingerprint density at radius 3 is 1.39 bits per heavy atom. The van der Waals surface area contributed by atoms with Crippen molar-refractivity contribution in [2.45, 2.75) is 12.2 Å². The van der Waals surface area contributed by atoms with Crippen molar-refractivity contribution in [1.82, 2.24) is 0 Å². The van der Waals surface area contributed by atoms with Gasteiger partial charge in [0.15, 0.2) is 0 Å². The van der Waals surface area contributed by atoms with Crippen molar-refractivity contribution >= 4 is 34.3 Å². The van der Waals surface area contributed by atoms with E-state index >= 15 is 0 Å². The summed E-state index contributed by atoms with van der Waals surface area (Å²) in [6.07, 6.45) is 1.02. The van der Waals surface area contributed by atoms with Crippen LogP contribution in [0.4, 0.5) is 0 Å². The largest absolute Gasteiger partial charge is 0.489 e. The molecule has 4 nitrogen and oxygen atoms in total. The second-order valence-corrected chi connectivity index (χ2v) is 9.00. The van der Waals surface area contributed by atoms with E-state index in [-0.39, 0.29) is 13.2 Å². The fraction of sp³-hybridized carbons (Fsp3) is 0.125. The third-order valence-corrected chi connectivity index (χ3v) is 6.15. The van der Waals surface area contributed by atoms with E-state index in [0.717, 1.165) is 0 Å². The smallest absolute Gasteiger partial charge is 0.126 e. The van der Waals surface area contributed by atoms with E-state index in [4.69, 9.17) is 32.7 Å². The van der Waals surface area contributed by atoms with Crippen molar-refractivity contribution in [2.75, 3.05) is 13.2 Å². The first kappa shape index (κ1) is 28.8. The van der Waals surface area contributed by atoms with Crippen molar-refractivity contribution in [3.8, 4) is 11.5 Å². The van der Waals surface area contributed by atoms with Gasteiger partial charge in [0.25, 0.3) is 0 Å². The SMILES string of the molecule is C=C=C(c1ccc(C(=C=C)C(O)c2cc(Cl)ccc2OCC=C)cc1)C(O)c1cc(Cl)ccc1OCC=C. The summed E-state index contributed by atoms with van der Waals surface area (Å²) >= 11 is 12.4. The molecule has 2 atom stereocenters. The molecule has 2 N–H and O–H groups in total. The van der Waals surface area contributed by atoms with Crippen LogP contribution >= 0.6 is 23.2 Å². The number of aliphatic hydroxyl groups excluding tert-OH is 2. The standard InChI is InChI=1S/C32H28Cl2O4/c1-5-17-37-29-15-13-23(33)19-27(29)31(35)25(7-3)21-9-11-22(12-10-21)26(8-4)32(36)28-20-24(34)14-16-30(28)38-18-6-2/h5-6,9-16,19-20,31-32,35-36H,1-4,17-18H2. The maximum Gasteiger partial charge on any atom is 0.126 e. The maximum absolute atomic E-state index is 11.2. The molecule has 0 bridgehead atoms. The van der Waals surface area contributed by atoms with E-state index in [1.54, 1.807) is 72.8 Å². The van der Waals surface area contributed by atoms with Crippen LogP contribution in [-0.4, -0.2) is 23.4 Å². The molecule has 0 spiro atoms. The van der Waals surface area contributed by atoms with Crippen LogP contribution in [0.5, 0.6) is 11.5 Å². The third-order valence-electron chi connectivity index (χ3n) is 5.68. The van der Waals surface area contributed by atoms with Crippen molar-refractivity contribution in [3.05, 3.63) is 143 Å². The van der Waals surface area contributed by atoms with Gasteiger partial charge in [-0.1, -0.05) is 85.9 Å². The Labute approximate surface area is 233 Å². The lowest BCUT2D eigenvalue weighted by molar-refractivity contribution is 0.229. The molecule has 0 aliphatic carbocycles. The van der Waals surface area contributed by atoms with Gasteiger partial charge in [-0.25, -0.2) is 0 Å². The molecule has 38 heavy (non-hydrogen) atoms. The van der Waals surface area contributed by atoms with Crippen LogP contribution in [0.25, 0.3) is 11.1 Å². The lowest BCUT2D eigenvalue weighted by atomic mass is 9.91. The molecule has 0 aliphatic heterocycles. The molecule has 0 saturated carbocycles. The highest BCUT2D eigenvalue weighted by atomic mass is 35.5. The molecule has 0 amide bonds. The molecular formula is C32H28Cl2O4. The minimum Gasteiger partial charge on any atom is -0.489 e. The van der Waals surface area contributed by atoms with Gasteiger partial charge in [-0.15, -0.1) is 11.5 Å². The molecule has 0 fully saturated rings. The normalized spacial score (nSPS) is 11.9. The highest BCUT2D eigenvalue weighted by molar-refractivity contribution is 6.31. The van der Waals surface area contributed by atoms with Gasteiger partial charge < -0.3 is 19.7 Å². The molecular weight excluding hydrogens is 519 g/mol. The number of ether oxygens (including phenoxy) is 2. The van der Waals surface area contributed by atoms with E-state index in [0.29, 0.717) is 54.9 Å². The summed E-state index contributed by atoms with van der Waals surface area (Å²) in [5, 5.41) is 23.4. The van der Waals surface area contributed by atoms with E-state index in [2.05, 4.69) is 37.8 Å². The Kier molecular flexibility index (Phi) is 10.4. The van der Waals surface area contributed by atoms with Crippen molar-refractivity contribution in [3.63, 3.8) is 0 Å². The lowest BCUT2D eigenvalue weighted by Gasteiger charge is -2.20. The van der Waals surface area contributed by atoms with Gasteiger partial charge in [0.1, 0.15) is 36.9 Å². The van der Waals surface area contributed by atoms with Gasteiger partial charge >= 0.3 is 0 Å². The topological polar surface area (TPSA) is 58.9 Å². The number of halogens is 2. The van der Waals surface area contributed by atoms with Gasteiger partial charge in [0.2, 0.25) is 0 Å². The Bertz CT molecular complexity index is 1300. The van der Waals surface area contributed by atoms with Crippen LogP contribution in [0.3, 0.4) is 0 Å². The van der Waals surface area contributed by atoms with Gasteiger partial charge in [-0.3, -0.25) is 0 Å². The predicted octanol–water partition coefficient (Wildman–Crippen LogP) is 7.93. The Hall–Kier alpha value is -3.72.